The largest absolute Gasteiger partial charge is 0.497 e. The SMILES string of the molecule is COc1ccc(N2C(=O)[C@@H](NC(=O)c3ccccc3)[C@@H](c3ccc(Cl)cc3)SC2=S)cc1. The van der Waals surface area contributed by atoms with Crippen molar-refractivity contribution in [2.45, 2.75) is 11.3 Å². The number of carbonyl (C=O) groups excluding carboxylic acids is 2. The lowest BCUT2D eigenvalue weighted by Crippen LogP contribution is -2.55. The Morgan fingerprint density at radius 3 is 2.31 bits per heavy atom. The van der Waals surface area contributed by atoms with E-state index in [1.54, 1.807) is 67.8 Å². The average Bonchev–Trinajstić information content (AvgIpc) is 2.82. The molecular weight excluding hydrogens is 464 g/mol. The van der Waals surface area contributed by atoms with E-state index >= 15 is 0 Å². The first kappa shape index (κ1) is 22.3. The first-order chi connectivity index (χ1) is 15.5. The molecule has 1 aliphatic rings. The molecule has 1 saturated heterocycles. The number of thiocarbonyl (C=S) groups is 1. The third-order valence-corrected chi connectivity index (χ3v) is 6.96. The van der Waals surface area contributed by atoms with Gasteiger partial charge < -0.3 is 10.1 Å². The maximum absolute atomic E-state index is 13.7. The zero-order valence-electron chi connectivity index (χ0n) is 17.0. The fourth-order valence-electron chi connectivity index (χ4n) is 3.42. The van der Waals surface area contributed by atoms with Gasteiger partial charge in [-0.15, -0.1) is 0 Å². The molecule has 32 heavy (non-hydrogen) atoms. The third kappa shape index (κ3) is 4.65. The quantitative estimate of drug-likeness (QED) is 0.503. The van der Waals surface area contributed by atoms with E-state index in [1.807, 2.05) is 18.2 Å². The number of benzene rings is 3. The summed E-state index contributed by atoms with van der Waals surface area (Å²) in [7, 11) is 1.58. The van der Waals surface area contributed by atoms with E-state index in [0.29, 0.717) is 26.3 Å². The van der Waals surface area contributed by atoms with Gasteiger partial charge in [-0.2, -0.15) is 0 Å². The second-order valence-electron chi connectivity index (χ2n) is 7.04. The van der Waals surface area contributed by atoms with Crippen LogP contribution in [0.4, 0.5) is 5.69 Å². The summed E-state index contributed by atoms with van der Waals surface area (Å²) >= 11 is 13.0. The van der Waals surface area contributed by atoms with Gasteiger partial charge in [0.05, 0.1) is 18.0 Å². The third-order valence-electron chi connectivity index (χ3n) is 5.05. The van der Waals surface area contributed by atoms with Crippen molar-refractivity contribution >= 4 is 57.4 Å². The van der Waals surface area contributed by atoms with Crippen LogP contribution in [-0.2, 0) is 4.79 Å². The summed E-state index contributed by atoms with van der Waals surface area (Å²) < 4.78 is 5.62. The number of anilines is 1. The summed E-state index contributed by atoms with van der Waals surface area (Å²) in [6.45, 7) is 0. The molecule has 0 bridgehead atoms. The fraction of sp³-hybridized carbons (Fsp3) is 0.125. The summed E-state index contributed by atoms with van der Waals surface area (Å²) in [6.07, 6.45) is 0. The lowest BCUT2D eigenvalue weighted by atomic mass is 10.0. The highest BCUT2D eigenvalue weighted by molar-refractivity contribution is 8.23. The van der Waals surface area contributed by atoms with Crippen LogP contribution in [-0.4, -0.2) is 29.3 Å². The van der Waals surface area contributed by atoms with E-state index in [0.717, 1.165) is 5.56 Å². The van der Waals surface area contributed by atoms with Gasteiger partial charge in [-0.3, -0.25) is 14.5 Å². The lowest BCUT2D eigenvalue weighted by molar-refractivity contribution is -0.119. The van der Waals surface area contributed by atoms with Gasteiger partial charge in [0.1, 0.15) is 16.1 Å². The van der Waals surface area contributed by atoms with E-state index < -0.39 is 11.3 Å². The molecule has 0 radical (unpaired) electrons. The summed E-state index contributed by atoms with van der Waals surface area (Å²) in [5, 5.41) is 3.12. The molecule has 1 N–H and O–H groups in total. The minimum absolute atomic E-state index is 0.303. The van der Waals surface area contributed by atoms with Crippen LogP contribution in [0.1, 0.15) is 21.2 Å². The van der Waals surface area contributed by atoms with Gasteiger partial charge >= 0.3 is 0 Å². The van der Waals surface area contributed by atoms with Gasteiger partial charge in [-0.25, -0.2) is 0 Å². The van der Waals surface area contributed by atoms with E-state index in [2.05, 4.69) is 5.32 Å². The van der Waals surface area contributed by atoms with Crippen molar-refractivity contribution in [3.05, 3.63) is 95.0 Å². The van der Waals surface area contributed by atoms with Crippen molar-refractivity contribution in [2.75, 3.05) is 12.0 Å². The van der Waals surface area contributed by atoms with Gasteiger partial charge in [0, 0.05) is 10.6 Å². The normalized spacial score (nSPS) is 18.4. The molecule has 0 spiro atoms. The maximum atomic E-state index is 13.7. The smallest absolute Gasteiger partial charge is 0.256 e. The van der Waals surface area contributed by atoms with E-state index in [9.17, 15) is 9.59 Å². The second kappa shape index (κ2) is 9.73. The topological polar surface area (TPSA) is 58.6 Å². The molecule has 3 aromatic rings. The molecule has 0 aromatic heterocycles. The number of methoxy groups -OCH3 is 1. The molecule has 1 fully saturated rings. The number of nitrogens with zero attached hydrogens (tertiary/aromatic N) is 1. The summed E-state index contributed by atoms with van der Waals surface area (Å²) in [6, 6.07) is 22.2. The Morgan fingerprint density at radius 1 is 1.03 bits per heavy atom. The van der Waals surface area contributed by atoms with E-state index in [-0.39, 0.29) is 11.8 Å². The second-order valence-corrected chi connectivity index (χ2v) is 9.26. The maximum Gasteiger partial charge on any atom is 0.256 e. The van der Waals surface area contributed by atoms with Crippen LogP contribution in [0.3, 0.4) is 0 Å². The number of carbonyl (C=O) groups is 2. The highest BCUT2D eigenvalue weighted by atomic mass is 35.5. The molecule has 1 aliphatic heterocycles. The molecule has 2 atom stereocenters. The first-order valence-electron chi connectivity index (χ1n) is 9.78. The molecule has 5 nitrogen and oxygen atoms in total. The van der Waals surface area contributed by atoms with Crippen molar-refractivity contribution in [3.63, 3.8) is 0 Å². The summed E-state index contributed by atoms with van der Waals surface area (Å²) in [4.78, 5) is 28.1. The van der Waals surface area contributed by atoms with Crippen LogP contribution in [0.2, 0.25) is 5.02 Å². The van der Waals surface area contributed by atoms with E-state index in [4.69, 9.17) is 28.6 Å². The Hall–Kier alpha value is -2.87. The Kier molecular flexibility index (Phi) is 6.79. The monoisotopic (exact) mass is 482 g/mol. The number of nitrogens with one attached hydrogen (secondary N) is 1. The van der Waals surface area contributed by atoms with Crippen molar-refractivity contribution < 1.29 is 14.3 Å². The summed E-state index contributed by atoms with van der Waals surface area (Å²) in [5.74, 6) is 0.0407. The Morgan fingerprint density at radius 2 is 1.69 bits per heavy atom. The molecule has 3 aromatic carbocycles. The first-order valence-corrected chi connectivity index (χ1v) is 11.4. The predicted molar refractivity (Wildman–Crippen MR) is 133 cm³/mol. The minimum atomic E-state index is -0.831. The average molecular weight is 483 g/mol. The van der Waals surface area contributed by atoms with Crippen molar-refractivity contribution in [1.29, 1.82) is 0 Å². The number of thioether (sulfide) groups is 1. The van der Waals surface area contributed by atoms with Gasteiger partial charge in [0.15, 0.2) is 0 Å². The lowest BCUT2D eigenvalue weighted by Gasteiger charge is -2.38. The molecule has 0 aliphatic carbocycles. The number of amides is 2. The number of ether oxygens (including phenoxy) is 1. The van der Waals surface area contributed by atoms with Crippen LogP contribution in [0, 0.1) is 0 Å². The molecule has 1 heterocycles. The number of hydrogen-bond acceptors (Lipinski definition) is 5. The molecule has 8 heteroatoms. The van der Waals surface area contributed by atoms with Crippen LogP contribution < -0.4 is 15.0 Å². The van der Waals surface area contributed by atoms with Crippen LogP contribution in [0.5, 0.6) is 5.75 Å². The minimum Gasteiger partial charge on any atom is -0.497 e. The van der Waals surface area contributed by atoms with Crippen molar-refractivity contribution in [2.24, 2.45) is 0 Å². The predicted octanol–water partition coefficient (Wildman–Crippen LogP) is 5.25. The fourth-order valence-corrected chi connectivity index (χ4v) is 5.18. The Bertz CT molecular complexity index is 1140. The standard InChI is InChI=1S/C24H19ClN2O3S2/c1-30-19-13-11-18(12-14-19)27-23(29)20(26-22(28)16-5-3-2-4-6-16)21(32-24(27)31)15-7-9-17(25)10-8-15/h2-14,20-21H,1H3,(H,26,28)/t20-,21+/m0/s1. The molecule has 162 valence electrons. The summed E-state index contributed by atoms with van der Waals surface area (Å²) in [5.41, 5.74) is 1.94. The van der Waals surface area contributed by atoms with Gasteiger partial charge in [-0.1, -0.05) is 65.9 Å². The van der Waals surface area contributed by atoms with Gasteiger partial charge in [0.25, 0.3) is 11.8 Å². The van der Waals surface area contributed by atoms with Gasteiger partial charge in [-0.05, 0) is 54.1 Å². The number of rotatable bonds is 5. The van der Waals surface area contributed by atoms with Crippen molar-refractivity contribution in [3.8, 4) is 5.75 Å². The molecule has 0 saturated carbocycles. The number of halogens is 1. The van der Waals surface area contributed by atoms with Crippen molar-refractivity contribution in [1.82, 2.24) is 5.32 Å². The molecule has 4 rings (SSSR count). The molecule has 0 unspecified atom stereocenters. The Labute approximate surface area is 200 Å². The molecule has 2 amide bonds. The van der Waals surface area contributed by atoms with Crippen LogP contribution in [0.25, 0.3) is 0 Å². The van der Waals surface area contributed by atoms with Crippen LogP contribution in [0.15, 0.2) is 78.9 Å². The zero-order valence-corrected chi connectivity index (χ0v) is 19.4. The van der Waals surface area contributed by atoms with Crippen LogP contribution >= 0.6 is 35.6 Å². The Balaban J connectivity index is 1.69. The highest BCUT2D eigenvalue weighted by Crippen LogP contribution is 2.41. The highest BCUT2D eigenvalue weighted by Gasteiger charge is 2.42. The zero-order chi connectivity index (χ0) is 22.7. The van der Waals surface area contributed by atoms with Gasteiger partial charge in [0.2, 0.25) is 0 Å². The number of hydrogen-bond donors (Lipinski definition) is 1. The van der Waals surface area contributed by atoms with E-state index in [1.165, 1.54) is 16.7 Å². The molecular formula is C24H19ClN2O3S2.